The first kappa shape index (κ1) is 17.9. The van der Waals surface area contributed by atoms with Crippen molar-refractivity contribution in [1.29, 1.82) is 0 Å². The Bertz CT molecular complexity index is 904. The molecule has 0 amide bonds. The first-order valence-corrected chi connectivity index (χ1v) is 8.07. The summed E-state index contributed by atoms with van der Waals surface area (Å²) in [5, 5.41) is 11.2. The molecule has 0 aliphatic heterocycles. The van der Waals surface area contributed by atoms with E-state index >= 15 is 0 Å². The molecule has 0 radical (unpaired) electrons. The Morgan fingerprint density at radius 2 is 1.57 bits per heavy atom. The van der Waals surface area contributed by atoms with Crippen molar-refractivity contribution in [3.8, 4) is 22.4 Å². The summed E-state index contributed by atoms with van der Waals surface area (Å²) in [6.45, 7) is 1.81. The molecule has 0 saturated carbocycles. The van der Waals surface area contributed by atoms with Crippen molar-refractivity contribution >= 4 is 10.0 Å². The number of rotatable bonds is 3. The molecule has 5 nitrogen and oxygen atoms in total. The molecule has 1 heterocycles. The average Bonchev–Trinajstić information content (AvgIpc) is 2.89. The Balaban J connectivity index is 0.00000192. The first-order valence-electron chi connectivity index (χ1n) is 6.58. The number of hydrogen-bond donors (Lipinski definition) is 0. The van der Waals surface area contributed by atoms with E-state index in [4.69, 9.17) is 9.66 Å². The monoisotopic (exact) mass is 336 g/mol. The van der Waals surface area contributed by atoms with Gasteiger partial charge in [0.2, 0.25) is 0 Å². The van der Waals surface area contributed by atoms with Crippen LogP contribution < -0.4 is 29.6 Å². The van der Waals surface area contributed by atoms with Gasteiger partial charge in [0, 0.05) is 10.5 Å². The van der Waals surface area contributed by atoms with Gasteiger partial charge in [-0.1, -0.05) is 47.6 Å². The quantitative estimate of drug-likeness (QED) is 0.670. The molecule has 112 valence electrons. The molecular weight excluding hydrogens is 323 g/mol. The molecular formula is C16H13N2NaO3S. The van der Waals surface area contributed by atoms with Gasteiger partial charge in [0.05, 0.1) is 15.6 Å². The fourth-order valence-corrected chi connectivity index (χ4v) is 2.80. The van der Waals surface area contributed by atoms with Gasteiger partial charge in [0.25, 0.3) is 0 Å². The zero-order valence-corrected chi connectivity index (χ0v) is 15.6. The Morgan fingerprint density at radius 3 is 2.13 bits per heavy atom. The predicted molar refractivity (Wildman–Crippen MR) is 83.6 cm³/mol. The Morgan fingerprint density at radius 1 is 0.957 bits per heavy atom. The number of aryl methyl sites for hydroxylation is 1. The van der Waals surface area contributed by atoms with Gasteiger partial charge in [0.15, 0.2) is 0 Å². The number of hydrogen-bond acceptors (Lipinski definition) is 4. The molecule has 0 aliphatic carbocycles. The third-order valence-corrected chi connectivity index (χ3v) is 4.26. The summed E-state index contributed by atoms with van der Waals surface area (Å²) >= 11 is 0. The van der Waals surface area contributed by atoms with Crippen LogP contribution in [0.5, 0.6) is 0 Å². The van der Waals surface area contributed by atoms with E-state index in [1.165, 1.54) is 12.1 Å². The van der Waals surface area contributed by atoms with Crippen molar-refractivity contribution in [3.05, 3.63) is 65.5 Å². The fraction of sp³-hybridized carbons (Fsp3) is 0.0625. The molecule has 0 spiro atoms. The molecule has 23 heavy (non-hydrogen) atoms. The van der Waals surface area contributed by atoms with Crippen LogP contribution in [0.4, 0.5) is 0 Å². The van der Waals surface area contributed by atoms with Crippen LogP contribution in [0.25, 0.3) is 27.5 Å². The van der Waals surface area contributed by atoms with Crippen molar-refractivity contribution in [3.63, 3.8) is 0 Å². The maximum absolute atomic E-state index is 11.2. The van der Waals surface area contributed by atoms with E-state index in [0.717, 1.165) is 16.7 Å². The average molecular weight is 336 g/mol. The van der Waals surface area contributed by atoms with Gasteiger partial charge in [-0.3, -0.25) is 0 Å². The molecule has 0 fully saturated rings. The summed E-state index contributed by atoms with van der Waals surface area (Å²) in [6.07, 6.45) is 0. The summed E-state index contributed by atoms with van der Waals surface area (Å²) < 4.78 is 27.7. The molecule has 0 bridgehead atoms. The Kier molecular flexibility index (Phi) is 5.44. The molecule has 1 N–H and O–H groups in total. The van der Waals surface area contributed by atoms with Gasteiger partial charge in [0.1, 0.15) is 11.5 Å². The Labute approximate surface area is 156 Å². The van der Waals surface area contributed by atoms with Crippen molar-refractivity contribution in [2.45, 2.75) is 11.8 Å². The van der Waals surface area contributed by atoms with Crippen LogP contribution in [0.1, 0.15) is 5.76 Å². The smallest absolute Gasteiger partial charge is 0.560 e. The molecule has 0 atom stereocenters. The summed E-state index contributed by atoms with van der Waals surface area (Å²) in [7, 11) is -3.95. The fourth-order valence-electron chi connectivity index (χ4n) is 2.31. The number of nitrogens with zero attached hydrogens (tertiary/aromatic N) is 1. The zero-order valence-electron chi connectivity index (χ0n) is 12.8. The molecule has 0 aliphatic rings. The van der Waals surface area contributed by atoms with E-state index in [0.29, 0.717) is 11.5 Å². The van der Waals surface area contributed by atoms with Crippen LogP contribution in [0.3, 0.4) is 0 Å². The van der Waals surface area contributed by atoms with Crippen LogP contribution in [-0.2, 0) is 10.0 Å². The molecule has 7 heteroatoms. The van der Waals surface area contributed by atoms with E-state index < -0.39 is 10.0 Å². The van der Waals surface area contributed by atoms with Crippen molar-refractivity contribution in [2.24, 2.45) is 0 Å². The molecule has 0 saturated heterocycles. The zero-order chi connectivity index (χ0) is 15.7. The number of nitrogens with one attached hydrogen (secondary N) is 1. The second kappa shape index (κ2) is 6.98. The van der Waals surface area contributed by atoms with Crippen LogP contribution in [0, 0.1) is 6.92 Å². The SMILES string of the molecule is Cc1onc(-c2ccccc2)c1-c1ccc(S([NH-])(=O)=O)cc1.[Na+]. The minimum Gasteiger partial charge on any atom is -0.560 e. The molecule has 1 aromatic heterocycles. The number of benzene rings is 2. The minimum atomic E-state index is -3.95. The summed E-state index contributed by atoms with van der Waals surface area (Å²) in [6, 6.07) is 15.8. The molecule has 3 aromatic rings. The van der Waals surface area contributed by atoms with Crippen LogP contribution in [0.15, 0.2) is 64.0 Å². The van der Waals surface area contributed by atoms with Gasteiger partial charge in [-0.05, 0) is 24.6 Å². The second-order valence-electron chi connectivity index (χ2n) is 4.86. The first-order chi connectivity index (χ1) is 10.5. The van der Waals surface area contributed by atoms with Gasteiger partial charge in [-0.2, -0.15) is 0 Å². The van der Waals surface area contributed by atoms with E-state index in [1.54, 1.807) is 12.1 Å². The van der Waals surface area contributed by atoms with Gasteiger partial charge in [-0.15, -0.1) is 0 Å². The maximum atomic E-state index is 11.2. The van der Waals surface area contributed by atoms with E-state index in [9.17, 15) is 8.42 Å². The van der Waals surface area contributed by atoms with Gasteiger partial charge < -0.3 is 9.66 Å². The predicted octanol–water partition coefficient (Wildman–Crippen LogP) is 1.06. The topological polar surface area (TPSA) is 84.0 Å². The van der Waals surface area contributed by atoms with E-state index in [2.05, 4.69) is 5.16 Å². The molecule has 0 unspecified atom stereocenters. The van der Waals surface area contributed by atoms with Crippen molar-refractivity contribution < 1.29 is 42.5 Å². The minimum absolute atomic E-state index is 0. The van der Waals surface area contributed by atoms with Gasteiger partial charge in [-0.25, -0.2) is 8.42 Å². The normalized spacial score (nSPS) is 11.0. The van der Waals surface area contributed by atoms with Crippen molar-refractivity contribution in [1.82, 2.24) is 5.16 Å². The van der Waals surface area contributed by atoms with Gasteiger partial charge >= 0.3 is 29.6 Å². The third kappa shape index (κ3) is 3.73. The summed E-state index contributed by atoms with van der Waals surface area (Å²) in [5.74, 6) is 0.653. The maximum Gasteiger partial charge on any atom is 1.00 e. The van der Waals surface area contributed by atoms with Crippen molar-refractivity contribution in [2.75, 3.05) is 0 Å². The summed E-state index contributed by atoms with van der Waals surface area (Å²) in [4.78, 5) is -0.0355. The summed E-state index contributed by atoms with van der Waals surface area (Å²) in [5.41, 5.74) is 3.25. The second-order valence-corrected chi connectivity index (χ2v) is 6.33. The van der Waals surface area contributed by atoms with E-state index in [1.807, 2.05) is 37.3 Å². The van der Waals surface area contributed by atoms with Crippen LogP contribution in [-0.4, -0.2) is 13.6 Å². The van der Waals surface area contributed by atoms with Crippen LogP contribution >= 0.6 is 0 Å². The molecule has 2 aromatic carbocycles. The largest absolute Gasteiger partial charge is 1.00 e. The Hall–Kier alpha value is -1.44. The number of aromatic nitrogens is 1. The molecule has 3 rings (SSSR count). The van der Waals surface area contributed by atoms with E-state index in [-0.39, 0.29) is 34.5 Å². The standard InChI is InChI=1S/C16H13N2O3S.Na/c1-11-15(12-7-9-14(10-8-12)22(17,19)20)16(18-21-11)13-5-3-2-4-6-13;/h2-10H,1H3,(H-,17,19,20);/q-1;+1. The number of sulfonamides is 1. The van der Waals surface area contributed by atoms with Crippen LogP contribution in [0.2, 0.25) is 0 Å². The third-order valence-electron chi connectivity index (χ3n) is 3.36.